The highest BCUT2D eigenvalue weighted by atomic mass is 79.9. The summed E-state index contributed by atoms with van der Waals surface area (Å²) in [4.78, 5) is 25.4. The molecule has 2 atom stereocenters. The molecule has 132 valence electrons. The predicted molar refractivity (Wildman–Crippen MR) is 96.7 cm³/mol. The number of cyclic esters (lactones) is 1. The van der Waals surface area contributed by atoms with Gasteiger partial charge in [-0.15, -0.1) is 0 Å². The highest BCUT2D eigenvalue weighted by molar-refractivity contribution is 9.10. The average Bonchev–Trinajstić information content (AvgIpc) is 2.45. The van der Waals surface area contributed by atoms with Gasteiger partial charge >= 0.3 is 6.09 Å². The van der Waals surface area contributed by atoms with Crippen LogP contribution >= 0.6 is 15.9 Å². The molecule has 24 heavy (non-hydrogen) atoms. The lowest BCUT2D eigenvalue weighted by Gasteiger charge is -2.38. The molecule has 0 spiro atoms. The van der Waals surface area contributed by atoms with Crippen LogP contribution in [0.5, 0.6) is 0 Å². The van der Waals surface area contributed by atoms with E-state index in [1.807, 2.05) is 45.0 Å². The van der Waals surface area contributed by atoms with Crippen LogP contribution in [0.4, 0.5) is 4.79 Å². The fourth-order valence-corrected chi connectivity index (χ4v) is 3.42. The summed E-state index contributed by atoms with van der Waals surface area (Å²) in [7, 11) is 0. The summed E-state index contributed by atoms with van der Waals surface area (Å²) in [5.41, 5.74) is 0.684. The number of nitrogens with zero attached hydrogens (tertiary/aromatic N) is 1. The Morgan fingerprint density at radius 1 is 1.42 bits per heavy atom. The van der Waals surface area contributed by atoms with Crippen LogP contribution in [0.1, 0.15) is 52.1 Å². The molecule has 1 fully saturated rings. The van der Waals surface area contributed by atoms with E-state index in [9.17, 15) is 9.59 Å². The zero-order valence-electron chi connectivity index (χ0n) is 14.6. The normalized spacial score (nSPS) is 19.6. The zero-order valence-corrected chi connectivity index (χ0v) is 16.2. The number of rotatable bonds is 5. The van der Waals surface area contributed by atoms with Crippen LogP contribution in [0.2, 0.25) is 0 Å². The van der Waals surface area contributed by atoms with E-state index in [2.05, 4.69) is 21.2 Å². The fraction of sp³-hybridized carbons (Fsp3) is 0.556. The Labute approximate surface area is 151 Å². The van der Waals surface area contributed by atoms with Gasteiger partial charge in [0.15, 0.2) is 0 Å². The molecule has 1 aromatic carbocycles. The van der Waals surface area contributed by atoms with Crippen molar-refractivity contribution in [2.24, 2.45) is 0 Å². The molecular formula is C18H25BrN2O3. The number of ether oxygens (including phenoxy) is 1. The van der Waals surface area contributed by atoms with Crippen LogP contribution in [0.25, 0.3) is 0 Å². The predicted octanol–water partition coefficient (Wildman–Crippen LogP) is 4.03. The van der Waals surface area contributed by atoms with E-state index in [1.54, 1.807) is 4.90 Å². The van der Waals surface area contributed by atoms with E-state index in [1.165, 1.54) is 6.92 Å². The second-order valence-electron chi connectivity index (χ2n) is 6.98. The molecule has 0 radical (unpaired) electrons. The van der Waals surface area contributed by atoms with Crippen LogP contribution in [0, 0.1) is 0 Å². The average molecular weight is 397 g/mol. The SMILES string of the molecule is CC(=O)NC(C)(C)CC1CCN(C(C)c2ccc(Br)cc2)C(=O)O1. The van der Waals surface area contributed by atoms with Crippen molar-refractivity contribution in [1.82, 2.24) is 10.2 Å². The second kappa shape index (κ2) is 7.55. The van der Waals surface area contributed by atoms with E-state index < -0.39 is 5.54 Å². The molecule has 1 heterocycles. The summed E-state index contributed by atoms with van der Waals surface area (Å²) in [6.07, 6.45) is 0.905. The van der Waals surface area contributed by atoms with Crippen molar-refractivity contribution >= 4 is 27.9 Å². The van der Waals surface area contributed by atoms with Crippen molar-refractivity contribution in [1.29, 1.82) is 0 Å². The molecule has 0 bridgehead atoms. The Kier molecular flexibility index (Phi) is 5.91. The number of halogens is 1. The number of carbonyl (C=O) groups is 2. The van der Waals surface area contributed by atoms with Gasteiger partial charge < -0.3 is 15.0 Å². The van der Waals surface area contributed by atoms with Gasteiger partial charge in [0.05, 0.1) is 6.04 Å². The van der Waals surface area contributed by atoms with Crippen molar-refractivity contribution in [2.45, 2.75) is 58.2 Å². The van der Waals surface area contributed by atoms with Crippen molar-refractivity contribution in [3.05, 3.63) is 34.3 Å². The molecule has 1 aliphatic heterocycles. The molecule has 5 nitrogen and oxygen atoms in total. The van der Waals surface area contributed by atoms with Gasteiger partial charge in [-0.2, -0.15) is 0 Å². The maximum absolute atomic E-state index is 12.4. The number of benzene rings is 1. The third-order valence-corrected chi connectivity index (χ3v) is 4.79. The molecule has 6 heteroatoms. The molecule has 2 unspecified atom stereocenters. The first-order valence-electron chi connectivity index (χ1n) is 8.19. The molecule has 1 aliphatic rings. The Balaban J connectivity index is 1.96. The number of nitrogens with one attached hydrogen (secondary N) is 1. The molecule has 0 aliphatic carbocycles. The van der Waals surface area contributed by atoms with Gasteiger partial charge in [0.25, 0.3) is 0 Å². The Morgan fingerprint density at radius 2 is 2.04 bits per heavy atom. The van der Waals surface area contributed by atoms with Crippen molar-refractivity contribution in [3.63, 3.8) is 0 Å². The third-order valence-electron chi connectivity index (χ3n) is 4.27. The lowest BCUT2D eigenvalue weighted by atomic mass is 9.94. The van der Waals surface area contributed by atoms with Gasteiger partial charge in [-0.1, -0.05) is 28.1 Å². The summed E-state index contributed by atoms with van der Waals surface area (Å²) in [6.45, 7) is 8.04. The third kappa shape index (κ3) is 4.97. The van der Waals surface area contributed by atoms with E-state index in [0.717, 1.165) is 16.5 Å². The molecular weight excluding hydrogens is 372 g/mol. The summed E-state index contributed by atoms with van der Waals surface area (Å²) in [6, 6.07) is 7.93. The van der Waals surface area contributed by atoms with Gasteiger partial charge in [-0.05, 0) is 38.5 Å². The number of hydrogen-bond donors (Lipinski definition) is 1. The molecule has 1 aromatic rings. The van der Waals surface area contributed by atoms with E-state index >= 15 is 0 Å². The maximum atomic E-state index is 12.4. The largest absolute Gasteiger partial charge is 0.446 e. The first-order valence-corrected chi connectivity index (χ1v) is 8.99. The van der Waals surface area contributed by atoms with Crippen molar-refractivity contribution < 1.29 is 14.3 Å². The maximum Gasteiger partial charge on any atom is 0.410 e. The summed E-state index contributed by atoms with van der Waals surface area (Å²) >= 11 is 3.42. The minimum absolute atomic E-state index is 0.0325. The summed E-state index contributed by atoms with van der Waals surface area (Å²) in [5, 5.41) is 2.90. The topological polar surface area (TPSA) is 58.6 Å². The standard InChI is InChI=1S/C18H25BrN2O3/c1-12(14-5-7-15(19)8-6-14)21-10-9-16(24-17(21)23)11-18(3,4)20-13(2)22/h5-8,12,16H,9-11H2,1-4H3,(H,20,22). The van der Waals surface area contributed by atoms with Crippen LogP contribution in [0.15, 0.2) is 28.7 Å². The first-order chi connectivity index (χ1) is 11.2. The van der Waals surface area contributed by atoms with E-state index in [-0.39, 0.29) is 24.1 Å². The van der Waals surface area contributed by atoms with E-state index in [4.69, 9.17) is 4.74 Å². The molecule has 0 aromatic heterocycles. The Bertz CT molecular complexity index is 601. The second-order valence-corrected chi connectivity index (χ2v) is 7.90. The molecule has 0 saturated carbocycles. The van der Waals surface area contributed by atoms with Crippen LogP contribution in [0.3, 0.4) is 0 Å². The van der Waals surface area contributed by atoms with Crippen LogP contribution < -0.4 is 5.32 Å². The van der Waals surface area contributed by atoms with Crippen molar-refractivity contribution in [3.8, 4) is 0 Å². The van der Waals surface area contributed by atoms with Gasteiger partial charge in [0.2, 0.25) is 5.91 Å². The Hall–Kier alpha value is -1.56. The van der Waals surface area contributed by atoms with Crippen molar-refractivity contribution in [2.75, 3.05) is 6.54 Å². The van der Waals surface area contributed by atoms with E-state index in [0.29, 0.717) is 13.0 Å². The lowest BCUT2D eigenvalue weighted by Crippen LogP contribution is -2.49. The molecule has 2 amide bonds. The van der Waals surface area contributed by atoms with Gasteiger partial charge in [-0.3, -0.25) is 4.79 Å². The Morgan fingerprint density at radius 3 is 2.58 bits per heavy atom. The van der Waals surface area contributed by atoms with Crippen LogP contribution in [-0.2, 0) is 9.53 Å². The first kappa shape index (κ1) is 18.8. The van der Waals surface area contributed by atoms with Gasteiger partial charge in [0, 0.05) is 36.3 Å². The molecule has 2 rings (SSSR count). The minimum atomic E-state index is -0.393. The lowest BCUT2D eigenvalue weighted by molar-refractivity contribution is -0.120. The highest BCUT2D eigenvalue weighted by Gasteiger charge is 2.34. The van der Waals surface area contributed by atoms with Gasteiger partial charge in [0.1, 0.15) is 6.10 Å². The number of hydrogen-bond acceptors (Lipinski definition) is 3. The number of carbonyl (C=O) groups excluding carboxylic acids is 2. The number of amides is 2. The summed E-state index contributed by atoms with van der Waals surface area (Å²) in [5.74, 6) is -0.0763. The zero-order chi connectivity index (χ0) is 17.9. The monoisotopic (exact) mass is 396 g/mol. The minimum Gasteiger partial charge on any atom is -0.446 e. The molecule has 1 saturated heterocycles. The summed E-state index contributed by atoms with van der Waals surface area (Å²) < 4.78 is 6.62. The molecule has 1 N–H and O–H groups in total. The smallest absolute Gasteiger partial charge is 0.410 e. The van der Waals surface area contributed by atoms with Crippen LogP contribution in [-0.4, -0.2) is 35.1 Å². The quantitative estimate of drug-likeness (QED) is 0.816. The van der Waals surface area contributed by atoms with Gasteiger partial charge in [-0.25, -0.2) is 4.79 Å². The fourth-order valence-electron chi connectivity index (χ4n) is 3.16. The highest BCUT2D eigenvalue weighted by Crippen LogP contribution is 2.28.